The summed E-state index contributed by atoms with van der Waals surface area (Å²) < 4.78 is 7.38. The molecule has 142 valence electrons. The number of hydrogen-bond donors (Lipinski definition) is 1. The van der Waals surface area contributed by atoms with E-state index in [0.717, 1.165) is 37.3 Å². The van der Waals surface area contributed by atoms with E-state index in [1.165, 1.54) is 0 Å². The molecule has 1 aliphatic heterocycles. The van der Waals surface area contributed by atoms with Crippen molar-refractivity contribution in [3.05, 3.63) is 62.1 Å². The monoisotopic (exact) mass is 368 g/mol. The van der Waals surface area contributed by atoms with Crippen molar-refractivity contribution >= 4 is 11.0 Å². The SMILES string of the molecule is CCn1c([C@@H]2CCCN(Cc3coc4ccc(C)cc4c3=O)C2)n[nH]c1=O. The number of benzene rings is 1. The number of H-pyrrole nitrogens is 1. The zero-order valence-electron chi connectivity index (χ0n) is 15.7. The Kier molecular flexibility index (Phi) is 4.70. The van der Waals surface area contributed by atoms with Crippen LogP contribution in [0.25, 0.3) is 11.0 Å². The highest BCUT2D eigenvalue weighted by atomic mass is 16.3. The Balaban J connectivity index is 1.58. The van der Waals surface area contributed by atoms with E-state index in [0.29, 0.717) is 29.6 Å². The molecule has 1 fully saturated rings. The van der Waals surface area contributed by atoms with Gasteiger partial charge >= 0.3 is 5.69 Å². The smallest absolute Gasteiger partial charge is 0.343 e. The highest BCUT2D eigenvalue weighted by Crippen LogP contribution is 2.26. The summed E-state index contributed by atoms with van der Waals surface area (Å²) in [5, 5.41) is 7.43. The van der Waals surface area contributed by atoms with E-state index in [1.807, 2.05) is 32.0 Å². The summed E-state index contributed by atoms with van der Waals surface area (Å²) in [7, 11) is 0. The van der Waals surface area contributed by atoms with Gasteiger partial charge in [-0.1, -0.05) is 11.6 Å². The van der Waals surface area contributed by atoms with Crippen molar-refractivity contribution in [3.63, 3.8) is 0 Å². The highest BCUT2D eigenvalue weighted by molar-refractivity contribution is 5.77. The molecule has 3 aromatic rings. The largest absolute Gasteiger partial charge is 0.464 e. The molecule has 1 saturated heterocycles. The van der Waals surface area contributed by atoms with Crippen LogP contribution in [0.4, 0.5) is 0 Å². The van der Waals surface area contributed by atoms with Crippen LogP contribution in [0, 0.1) is 6.92 Å². The van der Waals surface area contributed by atoms with Gasteiger partial charge in [0.1, 0.15) is 11.4 Å². The van der Waals surface area contributed by atoms with Crippen LogP contribution < -0.4 is 11.1 Å². The summed E-state index contributed by atoms with van der Waals surface area (Å²) in [5.41, 5.74) is 2.21. The molecule has 7 heteroatoms. The van der Waals surface area contributed by atoms with Gasteiger partial charge in [-0.2, -0.15) is 5.10 Å². The summed E-state index contributed by atoms with van der Waals surface area (Å²) >= 11 is 0. The number of piperidine rings is 1. The van der Waals surface area contributed by atoms with Crippen molar-refractivity contribution in [1.82, 2.24) is 19.7 Å². The molecular weight excluding hydrogens is 344 g/mol. The molecule has 2 aromatic heterocycles. The first-order valence-electron chi connectivity index (χ1n) is 9.45. The van der Waals surface area contributed by atoms with E-state index < -0.39 is 0 Å². The van der Waals surface area contributed by atoms with E-state index >= 15 is 0 Å². The third-order valence-electron chi connectivity index (χ3n) is 5.37. The Morgan fingerprint density at radius 1 is 1.33 bits per heavy atom. The van der Waals surface area contributed by atoms with Gasteiger partial charge in [0.2, 0.25) is 0 Å². The van der Waals surface area contributed by atoms with Crippen molar-refractivity contribution in [3.8, 4) is 0 Å². The van der Waals surface area contributed by atoms with Crippen LogP contribution in [0.3, 0.4) is 0 Å². The zero-order chi connectivity index (χ0) is 19.0. The second kappa shape index (κ2) is 7.15. The highest BCUT2D eigenvalue weighted by Gasteiger charge is 2.26. The number of aryl methyl sites for hydroxylation is 1. The predicted molar refractivity (Wildman–Crippen MR) is 103 cm³/mol. The molecule has 7 nitrogen and oxygen atoms in total. The average Bonchev–Trinajstić information content (AvgIpc) is 3.05. The van der Waals surface area contributed by atoms with Gasteiger partial charge in [0.05, 0.1) is 11.6 Å². The van der Waals surface area contributed by atoms with Gasteiger partial charge in [-0.15, -0.1) is 0 Å². The zero-order valence-corrected chi connectivity index (χ0v) is 15.7. The Morgan fingerprint density at radius 3 is 3.00 bits per heavy atom. The molecule has 0 spiro atoms. The first-order valence-corrected chi connectivity index (χ1v) is 9.45. The van der Waals surface area contributed by atoms with Crippen LogP contribution in [0.5, 0.6) is 0 Å². The van der Waals surface area contributed by atoms with Crippen LogP contribution in [0.15, 0.2) is 38.5 Å². The second-order valence-electron chi connectivity index (χ2n) is 7.30. The Labute approximate surface area is 156 Å². The summed E-state index contributed by atoms with van der Waals surface area (Å²) in [5.74, 6) is 1.00. The molecule has 0 aliphatic carbocycles. The van der Waals surface area contributed by atoms with Crippen LogP contribution in [0.2, 0.25) is 0 Å². The lowest BCUT2D eigenvalue weighted by molar-refractivity contribution is 0.193. The average molecular weight is 368 g/mol. The third-order valence-corrected chi connectivity index (χ3v) is 5.37. The van der Waals surface area contributed by atoms with Crippen LogP contribution in [-0.4, -0.2) is 32.8 Å². The van der Waals surface area contributed by atoms with Gasteiger partial charge in [-0.25, -0.2) is 9.89 Å². The van der Waals surface area contributed by atoms with Gasteiger partial charge < -0.3 is 4.42 Å². The minimum Gasteiger partial charge on any atom is -0.464 e. The maximum absolute atomic E-state index is 12.9. The minimum absolute atomic E-state index is 0.0345. The summed E-state index contributed by atoms with van der Waals surface area (Å²) in [6.07, 6.45) is 3.58. The molecule has 1 aliphatic rings. The molecular formula is C20H24N4O3. The fourth-order valence-electron chi connectivity index (χ4n) is 3.99. The summed E-state index contributed by atoms with van der Waals surface area (Å²) in [6.45, 7) is 6.76. The molecule has 3 heterocycles. The maximum Gasteiger partial charge on any atom is 0.343 e. The molecule has 0 unspecified atom stereocenters. The van der Waals surface area contributed by atoms with Gasteiger partial charge in [-0.3, -0.25) is 14.3 Å². The number of rotatable bonds is 4. The summed E-state index contributed by atoms with van der Waals surface area (Å²) in [4.78, 5) is 27.0. The van der Waals surface area contributed by atoms with E-state index in [9.17, 15) is 9.59 Å². The Hall–Kier alpha value is -2.67. The Morgan fingerprint density at radius 2 is 2.19 bits per heavy atom. The van der Waals surface area contributed by atoms with Crippen LogP contribution in [-0.2, 0) is 13.1 Å². The fraction of sp³-hybridized carbons (Fsp3) is 0.450. The van der Waals surface area contributed by atoms with E-state index in [4.69, 9.17) is 4.42 Å². The molecule has 1 N–H and O–H groups in total. The molecule has 1 atom stereocenters. The first-order chi connectivity index (χ1) is 13.1. The normalized spacial score (nSPS) is 18.2. The summed E-state index contributed by atoms with van der Waals surface area (Å²) in [6, 6.07) is 5.67. The number of nitrogens with one attached hydrogen (secondary N) is 1. The standard InChI is InChI=1S/C20H24N4O3/c1-3-24-19(21-22-20(24)26)14-5-4-8-23(10-14)11-15-12-27-17-7-6-13(2)9-16(17)18(15)25/h6-7,9,12,14H,3-5,8,10-11H2,1-2H3,(H,22,26)/t14-/m1/s1. The van der Waals surface area contributed by atoms with Crippen LogP contribution >= 0.6 is 0 Å². The number of aromatic amines is 1. The minimum atomic E-state index is -0.157. The predicted octanol–water partition coefficient (Wildman–Crippen LogP) is 2.39. The molecule has 0 amide bonds. The fourth-order valence-corrected chi connectivity index (χ4v) is 3.99. The molecule has 27 heavy (non-hydrogen) atoms. The topological polar surface area (TPSA) is 84.1 Å². The van der Waals surface area contributed by atoms with Gasteiger partial charge in [0.15, 0.2) is 5.43 Å². The van der Waals surface area contributed by atoms with E-state index in [-0.39, 0.29) is 17.0 Å². The van der Waals surface area contributed by atoms with Gasteiger partial charge in [0.25, 0.3) is 0 Å². The van der Waals surface area contributed by atoms with Crippen LogP contribution in [0.1, 0.15) is 42.6 Å². The number of hydrogen-bond acceptors (Lipinski definition) is 5. The number of nitrogens with zero attached hydrogens (tertiary/aromatic N) is 3. The molecule has 1 aromatic carbocycles. The number of fused-ring (bicyclic) bond motifs is 1. The van der Waals surface area contributed by atoms with Crippen molar-refractivity contribution in [2.75, 3.05) is 13.1 Å². The number of likely N-dealkylation sites (tertiary alicyclic amines) is 1. The van der Waals surface area contributed by atoms with E-state index in [2.05, 4.69) is 15.1 Å². The van der Waals surface area contributed by atoms with Gasteiger partial charge in [-0.05, 0) is 45.4 Å². The lowest BCUT2D eigenvalue weighted by Crippen LogP contribution is -2.36. The Bertz CT molecular complexity index is 1080. The quantitative estimate of drug-likeness (QED) is 0.764. The van der Waals surface area contributed by atoms with Crippen molar-refractivity contribution < 1.29 is 4.42 Å². The maximum atomic E-state index is 12.9. The lowest BCUT2D eigenvalue weighted by Gasteiger charge is -2.32. The molecule has 0 bridgehead atoms. The van der Waals surface area contributed by atoms with Crippen molar-refractivity contribution in [1.29, 1.82) is 0 Å². The number of aromatic nitrogens is 3. The first kappa shape index (κ1) is 17.7. The lowest BCUT2D eigenvalue weighted by atomic mass is 9.96. The van der Waals surface area contributed by atoms with Crippen molar-refractivity contribution in [2.24, 2.45) is 0 Å². The van der Waals surface area contributed by atoms with Crippen molar-refractivity contribution in [2.45, 2.75) is 45.7 Å². The molecule has 4 rings (SSSR count). The van der Waals surface area contributed by atoms with E-state index in [1.54, 1.807) is 10.8 Å². The molecule has 0 radical (unpaired) electrons. The second-order valence-corrected chi connectivity index (χ2v) is 7.30. The van der Waals surface area contributed by atoms with Gasteiger partial charge in [0, 0.05) is 31.1 Å². The molecule has 0 saturated carbocycles. The third kappa shape index (κ3) is 3.35.